The summed E-state index contributed by atoms with van der Waals surface area (Å²) >= 11 is 3.44. The van der Waals surface area contributed by atoms with E-state index in [2.05, 4.69) is 28.0 Å². The number of methoxy groups -OCH3 is 2. The predicted molar refractivity (Wildman–Crippen MR) is 161 cm³/mol. The van der Waals surface area contributed by atoms with Crippen molar-refractivity contribution < 1.29 is 19.0 Å². The van der Waals surface area contributed by atoms with Gasteiger partial charge in [0.05, 0.1) is 26.4 Å². The second-order valence-corrected chi connectivity index (χ2v) is 12.9. The van der Waals surface area contributed by atoms with E-state index in [1.807, 2.05) is 48.5 Å². The maximum atomic E-state index is 13.0. The number of thioether (sulfide) groups is 2. The molecular formula is C30H36N4O4S2. The minimum absolute atomic E-state index is 0.0102. The van der Waals surface area contributed by atoms with Crippen molar-refractivity contribution in [2.45, 2.75) is 48.7 Å². The van der Waals surface area contributed by atoms with Gasteiger partial charge in [0.15, 0.2) is 5.17 Å². The Morgan fingerprint density at radius 1 is 1.18 bits per heavy atom. The average Bonchev–Trinajstić information content (AvgIpc) is 3.35. The Bertz CT molecular complexity index is 1320. The van der Waals surface area contributed by atoms with E-state index in [1.165, 1.54) is 6.42 Å². The van der Waals surface area contributed by atoms with E-state index in [9.17, 15) is 4.79 Å². The molecule has 4 aliphatic rings. The lowest BCUT2D eigenvalue weighted by atomic mass is 9.67. The molecule has 0 aromatic heterocycles. The average molecular weight is 581 g/mol. The molecule has 2 N–H and O–H groups in total. The number of hydrogen-bond acceptors (Lipinski definition) is 9. The molecule has 212 valence electrons. The van der Waals surface area contributed by atoms with Crippen LogP contribution in [-0.4, -0.2) is 66.1 Å². The minimum Gasteiger partial charge on any atom is -0.497 e. The number of carbonyl (C=O) groups is 1. The maximum absolute atomic E-state index is 13.0. The highest BCUT2D eigenvalue weighted by atomic mass is 32.2. The quantitative estimate of drug-likeness (QED) is 0.482. The lowest BCUT2D eigenvalue weighted by Gasteiger charge is -2.57. The third-order valence-electron chi connectivity index (χ3n) is 8.61. The van der Waals surface area contributed by atoms with Gasteiger partial charge in [-0.1, -0.05) is 30.0 Å². The fourth-order valence-electron chi connectivity index (χ4n) is 6.10. The Morgan fingerprint density at radius 3 is 2.73 bits per heavy atom. The normalized spacial score (nSPS) is 26.7. The van der Waals surface area contributed by atoms with Crippen molar-refractivity contribution in [1.82, 2.24) is 15.5 Å². The number of amides is 1. The first-order chi connectivity index (χ1) is 19.4. The van der Waals surface area contributed by atoms with E-state index in [4.69, 9.17) is 19.2 Å². The second-order valence-electron chi connectivity index (χ2n) is 10.9. The van der Waals surface area contributed by atoms with Gasteiger partial charge < -0.3 is 29.7 Å². The summed E-state index contributed by atoms with van der Waals surface area (Å²) in [5.41, 5.74) is 1.22. The SMILES string of the molecule is COc1ccc(CNC2=CSC([C@]34COC5(CCC5)C[C@H]3CSC(NC(=O)c3ccccc3)=N4)N2C)c(OC)c1. The van der Waals surface area contributed by atoms with E-state index in [1.54, 1.807) is 37.7 Å². The van der Waals surface area contributed by atoms with Gasteiger partial charge in [-0.05, 0) is 49.9 Å². The molecule has 8 nitrogen and oxygen atoms in total. The molecule has 40 heavy (non-hydrogen) atoms. The molecule has 2 fully saturated rings. The largest absolute Gasteiger partial charge is 0.497 e. The number of likely N-dealkylation sites (N-methyl/N-ethyl adjacent to an activating group) is 1. The maximum Gasteiger partial charge on any atom is 0.257 e. The number of rotatable bonds is 7. The number of hydrogen-bond donors (Lipinski definition) is 2. The van der Waals surface area contributed by atoms with Gasteiger partial charge in [0.25, 0.3) is 5.91 Å². The fraction of sp³-hybridized carbons (Fsp3) is 0.467. The Kier molecular flexibility index (Phi) is 7.67. The molecule has 2 aromatic rings. The summed E-state index contributed by atoms with van der Waals surface area (Å²) in [6.45, 7) is 1.17. The molecule has 1 saturated carbocycles. The van der Waals surface area contributed by atoms with Crippen LogP contribution in [0.25, 0.3) is 0 Å². The van der Waals surface area contributed by atoms with Crippen molar-refractivity contribution in [2.24, 2.45) is 10.9 Å². The predicted octanol–water partition coefficient (Wildman–Crippen LogP) is 4.83. The molecule has 2 aromatic carbocycles. The van der Waals surface area contributed by atoms with E-state index < -0.39 is 5.54 Å². The second kappa shape index (κ2) is 11.2. The topological polar surface area (TPSA) is 84.4 Å². The van der Waals surface area contributed by atoms with Gasteiger partial charge >= 0.3 is 0 Å². The van der Waals surface area contributed by atoms with Crippen LogP contribution in [0.2, 0.25) is 0 Å². The van der Waals surface area contributed by atoms with Crippen LogP contribution in [0.15, 0.2) is 64.8 Å². The summed E-state index contributed by atoms with van der Waals surface area (Å²) in [6.07, 6.45) is 4.51. The lowest BCUT2D eigenvalue weighted by Crippen LogP contribution is -2.65. The Morgan fingerprint density at radius 2 is 2.00 bits per heavy atom. The highest BCUT2D eigenvalue weighted by molar-refractivity contribution is 8.14. The van der Waals surface area contributed by atoms with Gasteiger partial charge in [-0.25, -0.2) is 4.99 Å². The molecular weight excluding hydrogens is 544 g/mol. The molecule has 3 atom stereocenters. The van der Waals surface area contributed by atoms with E-state index >= 15 is 0 Å². The summed E-state index contributed by atoms with van der Waals surface area (Å²) in [7, 11) is 5.45. The monoisotopic (exact) mass is 580 g/mol. The molecule has 1 spiro atoms. The third-order valence-corrected chi connectivity index (χ3v) is 11.0. The number of amidine groups is 1. The van der Waals surface area contributed by atoms with Crippen LogP contribution in [0.1, 0.15) is 41.6 Å². The van der Waals surface area contributed by atoms with Gasteiger partial charge in [-0.15, -0.1) is 11.8 Å². The molecule has 10 heteroatoms. The zero-order valence-corrected chi connectivity index (χ0v) is 24.8. The van der Waals surface area contributed by atoms with Crippen LogP contribution < -0.4 is 20.1 Å². The molecule has 3 aliphatic heterocycles. The van der Waals surface area contributed by atoms with Crippen LogP contribution in [-0.2, 0) is 11.3 Å². The first-order valence-electron chi connectivity index (χ1n) is 13.7. The minimum atomic E-state index is -0.470. The molecule has 1 unspecified atom stereocenters. The van der Waals surface area contributed by atoms with Crippen molar-refractivity contribution in [3.63, 3.8) is 0 Å². The van der Waals surface area contributed by atoms with Crippen molar-refractivity contribution in [2.75, 3.05) is 33.6 Å². The number of aliphatic imine (C=N–C) groups is 1. The number of nitrogens with zero attached hydrogens (tertiary/aromatic N) is 2. The fourth-order valence-corrected chi connectivity index (χ4v) is 8.62. The zero-order valence-electron chi connectivity index (χ0n) is 23.1. The number of carbonyl (C=O) groups excluding carboxylic acids is 1. The van der Waals surface area contributed by atoms with E-state index in [-0.39, 0.29) is 16.9 Å². The highest BCUT2D eigenvalue weighted by Crippen LogP contribution is 2.54. The van der Waals surface area contributed by atoms with E-state index in [0.717, 1.165) is 47.9 Å². The summed E-state index contributed by atoms with van der Waals surface area (Å²) in [6, 6.07) is 15.2. The van der Waals surface area contributed by atoms with Crippen molar-refractivity contribution in [3.05, 3.63) is 70.9 Å². The number of nitrogens with one attached hydrogen (secondary N) is 2. The summed E-state index contributed by atoms with van der Waals surface area (Å²) < 4.78 is 17.6. The molecule has 0 radical (unpaired) electrons. The van der Waals surface area contributed by atoms with Crippen LogP contribution in [0.3, 0.4) is 0 Å². The Hall–Kier alpha value is -2.82. The smallest absolute Gasteiger partial charge is 0.257 e. The van der Waals surface area contributed by atoms with Crippen LogP contribution in [0.5, 0.6) is 11.5 Å². The zero-order chi connectivity index (χ0) is 27.7. The van der Waals surface area contributed by atoms with Crippen LogP contribution >= 0.6 is 23.5 Å². The first kappa shape index (κ1) is 27.4. The summed E-state index contributed by atoms with van der Waals surface area (Å²) in [4.78, 5) is 20.6. The molecule has 1 aliphatic carbocycles. The van der Waals surface area contributed by atoms with E-state index in [0.29, 0.717) is 29.8 Å². The lowest BCUT2D eigenvalue weighted by molar-refractivity contribution is -0.171. The highest BCUT2D eigenvalue weighted by Gasteiger charge is 2.59. The molecule has 1 amide bonds. The van der Waals surface area contributed by atoms with Gasteiger partial charge in [0, 0.05) is 47.9 Å². The van der Waals surface area contributed by atoms with Gasteiger partial charge in [-0.3, -0.25) is 4.79 Å². The van der Waals surface area contributed by atoms with Crippen molar-refractivity contribution >= 4 is 34.6 Å². The standard InChI is InChI=1S/C30H36N4O4S2/c1-34-25(31-16-21-10-11-23(36-2)14-24(21)37-3)18-39-27(34)30-19-38-29(12-7-13-29)15-22(30)17-40-28(33-30)32-26(35)20-8-5-4-6-9-20/h4-6,8-11,14,18,22,27,31H,7,12-13,15-17,19H2,1-3H3,(H,32,33,35)/t22-,27?,30-/m0/s1. The summed E-state index contributed by atoms with van der Waals surface area (Å²) in [5.74, 6) is 3.73. The molecule has 1 saturated heterocycles. The summed E-state index contributed by atoms with van der Waals surface area (Å²) in [5, 5.41) is 9.60. The molecule has 0 bridgehead atoms. The third kappa shape index (κ3) is 5.05. The first-order valence-corrected chi connectivity index (χ1v) is 15.6. The Balaban J connectivity index is 1.22. The molecule has 6 rings (SSSR count). The van der Waals surface area contributed by atoms with Gasteiger partial charge in [0.2, 0.25) is 0 Å². The number of ether oxygens (including phenoxy) is 3. The number of benzene rings is 2. The number of fused-ring (bicyclic) bond motifs is 1. The van der Waals surface area contributed by atoms with Gasteiger partial charge in [0.1, 0.15) is 28.2 Å². The van der Waals surface area contributed by atoms with Crippen LogP contribution in [0.4, 0.5) is 0 Å². The van der Waals surface area contributed by atoms with Crippen molar-refractivity contribution in [3.8, 4) is 11.5 Å². The van der Waals surface area contributed by atoms with Crippen LogP contribution in [0, 0.1) is 5.92 Å². The Labute approximate surface area is 244 Å². The van der Waals surface area contributed by atoms with Gasteiger partial charge in [-0.2, -0.15) is 0 Å². The molecule has 3 heterocycles. The van der Waals surface area contributed by atoms with Crippen molar-refractivity contribution in [1.29, 1.82) is 0 Å².